The fourth-order valence-electron chi connectivity index (χ4n) is 1.72. The van der Waals surface area contributed by atoms with Gasteiger partial charge in [-0.1, -0.05) is 13.8 Å². The van der Waals surface area contributed by atoms with Crippen LogP contribution in [0.4, 0.5) is 4.79 Å². The van der Waals surface area contributed by atoms with Crippen molar-refractivity contribution >= 4 is 18.0 Å². The highest BCUT2D eigenvalue weighted by atomic mass is 16.4. The molecule has 1 fully saturated rings. The highest BCUT2D eigenvalue weighted by Gasteiger charge is 2.45. The predicted octanol–water partition coefficient (Wildman–Crippen LogP) is 0.260. The summed E-state index contributed by atoms with van der Waals surface area (Å²) in [5.74, 6) is -2.24. The van der Waals surface area contributed by atoms with Crippen molar-refractivity contribution in [3.05, 3.63) is 0 Å². The van der Waals surface area contributed by atoms with Gasteiger partial charge in [-0.2, -0.15) is 0 Å². The molecule has 4 N–H and O–H groups in total. The number of hydrogen-bond donors (Lipinski definition) is 4. The molecule has 102 valence electrons. The molecule has 2 unspecified atom stereocenters. The Balaban J connectivity index is 2.33. The molecule has 0 aromatic heterocycles. The van der Waals surface area contributed by atoms with Crippen molar-refractivity contribution in [1.29, 1.82) is 0 Å². The van der Waals surface area contributed by atoms with Crippen molar-refractivity contribution in [1.82, 2.24) is 10.6 Å². The lowest BCUT2D eigenvalue weighted by Gasteiger charge is -2.13. The van der Waals surface area contributed by atoms with Crippen molar-refractivity contribution < 1.29 is 24.6 Å². The van der Waals surface area contributed by atoms with Crippen LogP contribution in [0, 0.1) is 11.3 Å². The minimum absolute atomic E-state index is 0.223. The summed E-state index contributed by atoms with van der Waals surface area (Å²) in [5.41, 5.74) is 0.223. The van der Waals surface area contributed by atoms with Gasteiger partial charge in [0.05, 0.1) is 6.42 Å². The Morgan fingerprint density at radius 3 is 2.28 bits per heavy atom. The van der Waals surface area contributed by atoms with Crippen LogP contribution in [0.25, 0.3) is 0 Å². The average Bonchev–Trinajstić information content (AvgIpc) is 2.82. The van der Waals surface area contributed by atoms with Crippen LogP contribution in [0.1, 0.15) is 26.7 Å². The van der Waals surface area contributed by atoms with E-state index in [1.54, 1.807) is 0 Å². The summed E-state index contributed by atoms with van der Waals surface area (Å²) in [7, 11) is 0. The molecule has 0 spiro atoms. The Morgan fingerprint density at radius 2 is 1.89 bits per heavy atom. The van der Waals surface area contributed by atoms with Crippen molar-refractivity contribution in [3.8, 4) is 0 Å². The van der Waals surface area contributed by atoms with Gasteiger partial charge in [-0.25, -0.2) is 9.59 Å². The second-order valence-electron chi connectivity index (χ2n) is 5.23. The second-order valence-corrected chi connectivity index (χ2v) is 5.23. The molecular weight excluding hydrogens is 240 g/mol. The first kappa shape index (κ1) is 14.3. The summed E-state index contributed by atoms with van der Waals surface area (Å²) in [6.07, 6.45) is 0.377. The lowest BCUT2D eigenvalue weighted by molar-refractivity contribution is -0.145. The number of carboxylic acids is 2. The van der Waals surface area contributed by atoms with Crippen LogP contribution in [0.3, 0.4) is 0 Å². The standard InChI is InChI=1S/C11H18N2O5/c1-11(2)4-6(11)5-12-10(18)13-7(9(16)17)3-8(14)15/h6-7H,3-5H2,1-2H3,(H,14,15)(H,16,17)(H2,12,13,18). The first-order chi connectivity index (χ1) is 8.22. The molecule has 0 bridgehead atoms. The normalized spacial score (nSPS) is 21.8. The Labute approximate surface area is 105 Å². The molecule has 7 heteroatoms. The number of amides is 2. The maximum atomic E-state index is 11.4. The summed E-state index contributed by atoms with van der Waals surface area (Å²) in [6, 6.07) is -2.05. The number of carbonyl (C=O) groups is 3. The summed E-state index contributed by atoms with van der Waals surface area (Å²) < 4.78 is 0. The van der Waals surface area contributed by atoms with E-state index < -0.39 is 30.4 Å². The molecule has 0 aromatic rings. The Kier molecular flexibility index (Phi) is 4.15. The van der Waals surface area contributed by atoms with Crippen LogP contribution in [0.2, 0.25) is 0 Å². The third-order valence-electron chi connectivity index (χ3n) is 3.21. The van der Waals surface area contributed by atoms with E-state index in [0.29, 0.717) is 12.5 Å². The monoisotopic (exact) mass is 258 g/mol. The predicted molar refractivity (Wildman–Crippen MR) is 62.1 cm³/mol. The quantitative estimate of drug-likeness (QED) is 0.545. The number of rotatable bonds is 6. The molecule has 1 aliphatic carbocycles. The minimum Gasteiger partial charge on any atom is -0.481 e. The second kappa shape index (κ2) is 5.24. The summed E-state index contributed by atoms with van der Waals surface area (Å²) in [5, 5.41) is 21.9. The average molecular weight is 258 g/mol. The molecule has 0 aliphatic heterocycles. The van der Waals surface area contributed by atoms with Gasteiger partial charge in [0.2, 0.25) is 0 Å². The van der Waals surface area contributed by atoms with E-state index in [2.05, 4.69) is 24.5 Å². The van der Waals surface area contributed by atoms with Crippen molar-refractivity contribution in [3.63, 3.8) is 0 Å². The maximum absolute atomic E-state index is 11.4. The molecule has 0 radical (unpaired) electrons. The van der Waals surface area contributed by atoms with Gasteiger partial charge in [-0.15, -0.1) is 0 Å². The van der Waals surface area contributed by atoms with Gasteiger partial charge in [-0.3, -0.25) is 4.79 Å². The van der Waals surface area contributed by atoms with Gasteiger partial charge < -0.3 is 20.8 Å². The highest BCUT2D eigenvalue weighted by Crippen LogP contribution is 2.50. The topological polar surface area (TPSA) is 116 Å². The summed E-state index contributed by atoms with van der Waals surface area (Å²) in [4.78, 5) is 32.5. The van der Waals surface area contributed by atoms with E-state index in [1.807, 2.05) is 0 Å². The van der Waals surface area contributed by atoms with Crippen molar-refractivity contribution in [2.75, 3.05) is 6.54 Å². The fourth-order valence-corrected chi connectivity index (χ4v) is 1.72. The smallest absolute Gasteiger partial charge is 0.326 e. The third-order valence-corrected chi connectivity index (χ3v) is 3.21. The number of carbonyl (C=O) groups excluding carboxylic acids is 1. The maximum Gasteiger partial charge on any atom is 0.326 e. The number of aliphatic carboxylic acids is 2. The van der Waals surface area contributed by atoms with Gasteiger partial charge in [-0.05, 0) is 17.8 Å². The number of hydrogen-bond acceptors (Lipinski definition) is 3. The number of nitrogens with one attached hydrogen (secondary N) is 2. The lowest BCUT2D eigenvalue weighted by Crippen LogP contribution is -2.47. The molecule has 7 nitrogen and oxygen atoms in total. The first-order valence-corrected chi connectivity index (χ1v) is 5.71. The number of carboxylic acid groups (broad SMARTS) is 2. The molecule has 18 heavy (non-hydrogen) atoms. The van der Waals surface area contributed by atoms with Gasteiger partial charge in [0, 0.05) is 6.54 Å². The van der Waals surface area contributed by atoms with Gasteiger partial charge in [0.1, 0.15) is 6.04 Å². The van der Waals surface area contributed by atoms with Gasteiger partial charge in [0.25, 0.3) is 0 Å². The Hall–Kier alpha value is -1.79. The van der Waals surface area contributed by atoms with E-state index in [0.717, 1.165) is 6.42 Å². The van der Waals surface area contributed by atoms with Gasteiger partial charge >= 0.3 is 18.0 Å². The van der Waals surface area contributed by atoms with Crippen LogP contribution in [0.5, 0.6) is 0 Å². The van der Waals surface area contributed by atoms with E-state index in [4.69, 9.17) is 10.2 Å². The summed E-state index contributed by atoms with van der Waals surface area (Å²) >= 11 is 0. The molecule has 1 rings (SSSR count). The van der Waals surface area contributed by atoms with Crippen molar-refractivity contribution in [2.45, 2.75) is 32.7 Å². The van der Waals surface area contributed by atoms with Crippen LogP contribution < -0.4 is 10.6 Å². The molecule has 0 aromatic carbocycles. The van der Waals surface area contributed by atoms with Crippen LogP contribution >= 0.6 is 0 Å². The van der Waals surface area contributed by atoms with E-state index >= 15 is 0 Å². The third kappa shape index (κ3) is 4.23. The Morgan fingerprint density at radius 1 is 1.33 bits per heavy atom. The zero-order chi connectivity index (χ0) is 13.9. The largest absolute Gasteiger partial charge is 0.481 e. The minimum atomic E-state index is -1.41. The van der Waals surface area contributed by atoms with Crippen molar-refractivity contribution in [2.24, 2.45) is 11.3 Å². The highest BCUT2D eigenvalue weighted by molar-refractivity contribution is 5.86. The molecule has 1 aliphatic rings. The lowest BCUT2D eigenvalue weighted by atomic mass is 10.1. The summed E-state index contributed by atoms with van der Waals surface area (Å²) in [6.45, 7) is 4.64. The van der Waals surface area contributed by atoms with Crippen LogP contribution in [0.15, 0.2) is 0 Å². The van der Waals surface area contributed by atoms with E-state index in [9.17, 15) is 14.4 Å². The molecule has 0 saturated heterocycles. The Bertz CT molecular complexity index is 366. The molecule has 0 heterocycles. The number of urea groups is 1. The molecule has 2 amide bonds. The van der Waals surface area contributed by atoms with Crippen LogP contribution in [-0.2, 0) is 9.59 Å². The zero-order valence-electron chi connectivity index (χ0n) is 10.4. The SMILES string of the molecule is CC1(C)CC1CNC(=O)NC(CC(=O)O)C(=O)O. The van der Waals surface area contributed by atoms with E-state index in [-0.39, 0.29) is 5.41 Å². The fraction of sp³-hybridized carbons (Fsp3) is 0.727. The molecule has 1 saturated carbocycles. The first-order valence-electron chi connectivity index (χ1n) is 5.71. The van der Waals surface area contributed by atoms with Crippen LogP contribution in [-0.4, -0.2) is 40.8 Å². The van der Waals surface area contributed by atoms with E-state index in [1.165, 1.54) is 0 Å². The zero-order valence-corrected chi connectivity index (χ0v) is 10.4. The molecule has 2 atom stereocenters. The van der Waals surface area contributed by atoms with Gasteiger partial charge in [0.15, 0.2) is 0 Å². The molecular formula is C11H18N2O5.